The summed E-state index contributed by atoms with van der Waals surface area (Å²) < 4.78 is 0. The Morgan fingerprint density at radius 3 is 0.857 bits per heavy atom. The normalized spacial score (nSPS) is 15.0. The van der Waals surface area contributed by atoms with Crippen LogP contribution in [0.5, 0.6) is 0 Å². The van der Waals surface area contributed by atoms with E-state index in [4.69, 9.17) is 30.6 Å². The summed E-state index contributed by atoms with van der Waals surface area (Å²) in [6, 6.07) is 0. The Balaban J connectivity index is -0.000000295. The van der Waals surface area contributed by atoms with Crippen LogP contribution in [0.3, 0.4) is 0 Å². The van der Waals surface area contributed by atoms with Crippen molar-refractivity contribution in [3.8, 4) is 0 Å². The molecule has 0 aromatic carbocycles. The van der Waals surface area contributed by atoms with Crippen molar-refractivity contribution < 1.29 is 60.0 Å². The smallest absolute Gasteiger partial charge is 0.547 e. The molecule has 0 saturated heterocycles. The molecule has 0 saturated carbocycles. The van der Waals surface area contributed by atoms with Crippen molar-refractivity contribution >= 4 is 61.6 Å². The third kappa shape index (κ3) is 10.4. The maximum Gasteiger partial charge on any atom is 2.00 e. The van der Waals surface area contributed by atoms with Crippen molar-refractivity contribution in [3.05, 3.63) is 0 Å². The number of aliphatic hydroxyl groups is 4. The molecule has 13 heteroatoms. The van der Waals surface area contributed by atoms with E-state index in [1.165, 1.54) is 0 Å². The zero-order chi connectivity index (χ0) is 16.6. The molecule has 0 aliphatic rings. The molecule has 6 N–H and O–H groups in total. The van der Waals surface area contributed by atoms with E-state index in [9.17, 15) is 29.4 Å². The molecule has 0 aromatic heterocycles. The van der Waals surface area contributed by atoms with Crippen LogP contribution in [0.15, 0.2) is 0 Å². The Hall–Kier alpha value is -1.02. The number of carbonyl (C=O) groups is 4. The van der Waals surface area contributed by atoms with Gasteiger partial charge in [-0.15, -0.1) is 0 Å². The van der Waals surface area contributed by atoms with E-state index < -0.39 is 48.3 Å². The Bertz CT molecular complexity index is 309. The predicted molar refractivity (Wildman–Crippen MR) is 55.1 cm³/mol. The standard InChI is InChI=1S/2C4H6O6.Ca/c2*5-1(3(7)8)2(6)4(9)10;/h2*1-2,5-6H,(H,7,8)(H,9,10);/q;;+2/p-2/t2*1-,2-;/m00./s1. The van der Waals surface area contributed by atoms with Crippen molar-refractivity contribution in [2.75, 3.05) is 0 Å². The summed E-state index contributed by atoms with van der Waals surface area (Å²) in [5.74, 6) is -7.65. The molecule has 0 rings (SSSR count). The largest absolute Gasteiger partial charge is 2.00 e. The van der Waals surface area contributed by atoms with Crippen LogP contribution >= 0.6 is 0 Å². The molecule has 0 aromatic rings. The van der Waals surface area contributed by atoms with Crippen LogP contribution in [0.4, 0.5) is 0 Å². The van der Waals surface area contributed by atoms with Crippen molar-refractivity contribution in [1.82, 2.24) is 0 Å². The minimum absolute atomic E-state index is 0. The Morgan fingerprint density at radius 1 is 0.619 bits per heavy atom. The summed E-state index contributed by atoms with van der Waals surface area (Å²) in [5.41, 5.74) is 0. The fourth-order valence-electron chi connectivity index (χ4n) is 0.528. The van der Waals surface area contributed by atoms with Gasteiger partial charge in [-0.25, -0.2) is 9.59 Å². The van der Waals surface area contributed by atoms with Gasteiger partial charge >= 0.3 is 49.7 Å². The van der Waals surface area contributed by atoms with Gasteiger partial charge in [0, 0.05) is 0 Å². The Morgan fingerprint density at radius 2 is 0.810 bits per heavy atom. The first-order chi connectivity index (χ1) is 8.93. The maximum absolute atomic E-state index is 9.74. The summed E-state index contributed by atoms with van der Waals surface area (Å²) in [5, 5.41) is 68.3. The molecule has 0 aliphatic heterocycles. The molecule has 21 heavy (non-hydrogen) atoms. The van der Waals surface area contributed by atoms with E-state index in [0.717, 1.165) is 0 Å². The second-order valence-electron chi connectivity index (χ2n) is 3.09. The topological polar surface area (TPSA) is 236 Å². The van der Waals surface area contributed by atoms with Gasteiger partial charge < -0.3 is 50.4 Å². The molecular formula is C8H10CaO12. The molecule has 0 heterocycles. The van der Waals surface area contributed by atoms with Gasteiger partial charge in [0.1, 0.15) is 12.2 Å². The van der Waals surface area contributed by atoms with Crippen molar-refractivity contribution in [1.29, 1.82) is 0 Å². The number of aliphatic hydroxyl groups excluding tert-OH is 4. The first kappa shape index (κ1) is 25.0. The first-order valence-electron chi connectivity index (χ1n) is 4.53. The van der Waals surface area contributed by atoms with Crippen molar-refractivity contribution in [3.63, 3.8) is 0 Å². The third-order valence-electron chi connectivity index (χ3n) is 1.59. The molecule has 12 nitrogen and oxygen atoms in total. The van der Waals surface area contributed by atoms with Gasteiger partial charge in [0.25, 0.3) is 0 Å². The molecule has 0 spiro atoms. The SMILES string of the molecule is O=C([O-])[C@@H](O)[C@H](O)C(=O)O.O=C([O-])[C@@H](O)[C@H](O)C(=O)O.[Ca+2]. The average Bonchev–Trinajstić information content (AvgIpc) is 2.35. The van der Waals surface area contributed by atoms with Gasteiger partial charge in [0.15, 0.2) is 12.2 Å². The number of carboxylic acids is 4. The molecule has 0 bridgehead atoms. The summed E-state index contributed by atoms with van der Waals surface area (Å²) >= 11 is 0. The van der Waals surface area contributed by atoms with Gasteiger partial charge in [-0.3, -0.25) is 0 Å². The fraction of sp³-hybridized carbons (Fsp3) is 0.500. The van der Waals surface area contributed by atoms with Gasteiger partial charge in [-0.2, -0.15) is 0 Å². The van der Waals surface area contributed by atoms with E-state index >= 15 is 0 Å². The zero-order valence-electron chi connectivity index (χ0n) is 10.1. The van der Waals surface area contributed by atoms with E-state index in [2.05, 4.69) is 0 Å². The molecule has 0 aliphatic carbocycles. The number of carboxylic acid groups (broad SMARTS) is 4. The molecule has 0 unspecified atom stereocenters. The van der Waals surface area contributed by atoms with Crippen molar-refractivity contribution in [2.24, 2.45) is 0 Å². The number of hydrogen-bond donors (Lipinski definition) is 6. The number of carbonyl (C=O) groups excluding carboxylic acids is 2. The van der Waals surface area contributed by atoms with Crippen LogP contribution < -0.4 is 10.2 Å². The van der Waals surface area contributed by atoms with Crippen LogP contribution in [-0.2, 0) is 19.2 Å². The minimum Gasteiger partial charge on any atom is -0.547 e. The molecule has 0 amide bonds. The monoisotopic (exact) mass is 338 g/mol. The van der Waals surface area contributed by atoms with Gasteiger partial charge in [0.05, 0.1) is 11.9 Å². The zero-order valence-corrected chi connectivity index (χ0v) is 12.4. The third-order valence-corrected chi connectivity index (χ3v) is 1.59. The number of aliphatic carboxylic acids is 4. The van der Waals surface area contributed by atoms with Gasteiger partial charge in [-0.1, -0.05) is 0 Å². The van der Waals surface area contributed by atoms with Gasteiger partial charge in [0.2, 0.25) is 0 Å². The van der Waals surface area contributed by atoms with Crippen LogP contribution in [0.2, 0.25) is 0 Å². The second-order valence-corrected chi connectivity index (χ2v) is 3.09. The fourth-order valence-corrected chi connectivity index (χ4v) is 0.528. The van der Waals surface area contributed by atoms with Crippen LogP contribution in [0, 0.1) is 0 Å². The molecular weight excluding hydrogens is 328 g/mol. The average molecular weight is 338 g/mol. The summed E-state index contributed by atoms with van der Waals surface area (Å²) in [7, 11) is 0. The predicted octanol–water partition coefficient (Wildman–Crippen LogP) is -7.30. The quantitative estimate of drug-likeness (QED) is 0.248. The molecule has 4 atom stereocenters. The van der Waals surface area contributed by atoms with E-state index in [1.807, 2.05) is 0 Å². The molecule has 0 radical (unpaired) electrons. The van der Waals surface area contributed by atoms with E-state index in [0.29, 0.717) is 0 Å². The van der Waals surface area contributed by atoms with E-state index in [-0.39, 0.29) is 37.7 Å². The summed E-state index contributed by atoms with van der Waals surface area (Å²) in [6.45, 7) is 0. The Kier molecular flexibility index (Phi) is 13.8. The van der Waals surface area contributed by atoms with Crippen LogP contribution in [0.25, 0.3) is 0 Å². The minimum atomic E-state index is -2.38. The van der Waals surface area contributed by atoms with E-state index in [1.54, 1.807) is 0 Å². The maximum atomic E-state index is 9.74. The van der Waals surface area contributed by atoms with Crippen molar-refractivity contribution in [2.45, 2.75) is 24.4 Å². The van der Waals surface area contributed by atoms with Crippen LogP contribution in [-0.4, -0.2) is 117 Å². The summed E-state index contributed by atoms with van der Waals surface area (Å²) in [4.78, 5) is 38.8. The number of rotatable bonds is 6. The molecule has 0 fully saturated rings. The molecule has 116 valence electrons. The number of hydrogen-bond acceptors (Lipinski definition) is 10. The second kappa shape index (κ2) is 11.6. The summed E-state index contributed by atoms with van der Waals surface area (Å²) in [6.07, 6.45) is -9.41. The first-order valence-corrected chi connectivity index (χ1v) is 4.53. The van der Waals surface area contributed by atoms with Gasteiger partial charge in [-0.05, 0) is 0 Å². The Labute approximate surface area is 145 Å². The van der Waals surface area contributed by atoms with Crippen LogP contribution in [0.1, 0.15) is 0 Å².